The molecule has 3 heterocycles. The summed E-state index contributed by atoms with van der Waals surface area (Å²) in [4.78, 5) is 22.8. The van der Waals surface area contributed by atoms with Crippen LogP contribution in [0.25, 0.3) is 22.2 Å². The van der Waals surface area contributed by atoms with Crippen LogP contribution < -0.4 is 10.1 Å². The van der Waals surface area contributed by atoms with E-state index in [1.165, 1.54) is 0 Å². The van der Waals surface area contributed by atoms with Gasteiger partial charge in [-0.2, -0.15) is 5.10 Å². The molecule has 50 heavy (non-hydrogen) atoms. The lowest BCUT2D eigenvalue weighted by Gasteiger charge is -2.37. The number of carbonyl (C=O) groups is 1. The molecule has 7 aromatic rings. The van der Waals surface area contributed by atoms with E-state index in [4.69, 9.17) is 14.8 Å². The standard InChI is InChI=1S/C43H35N5O2/c1-29(31-13-12-20-36(25-31)50-2)45-42(49)39-26-32-27-40-37(28-38(32)46-39)41(30-21-23-44-24-22-30)47-48(40)43(33-14-6-3-7-15-33,34-16-8-4-9-17-34)35-18-10-5-11-19-35/h3-25,27-29H,26H2,1-2H3,(H,45,49)/t29-/m1/s1. The Bertz CT molecular complexity index is 2240. The number of fused-ring (bicyclic) bond motifs is 2. The van der Waals surface area contributed by atoms with E-state index in [2.05, 4.69) is 99.9 Å². The van der Waals surface area contributed by atoms with E-state index in [0.29, 0.717) is 12.1 Å². The van der Waals surface area contributed by atoms with Gasteiger partial charge in [-0.3, -0.25) is 9.78 Å². The highest BCUT2D eigenvalue weighted by molar-refractivity contribution is 6.41. The Morgan fingerprint density at radius 3 is 2.00 bits per heavy atom. The number of nitrogens with zero attached hydrogens (tertiary/aromatic N) is 4. The fourth-order valence-electron chi connectivity index (χ4n) is 7.09. The highest BCUT2D eigenvalue weighted by Gasteiger charge is 2.41. The highest BCUT2D eigenvalue weighted by Crippen LogP contribution is 2.45. The molecular formula is C43H35N5O2. The first kappa shape index (κ1) is 31.0. The van der Waals surface area contributed by atoms with E-state index < -0.39 is 5.54 Å². The van der Waals surface area contributed by atoms with Gasteiger partial charge in [-0.05, 0) is 71.1 Å². The van der Waals surface area contributed by atoms with Gasteiger partial charge in [-0.25, -0.2) is 9.67 Å². The molecule has 0 spiro atoms. The summed E-state index contributed by atoms with van der Waals surface area (Å²) >= 11 is 0. The second-order valence-corrected chi connectivity index (χ2v) is 12.5. The topological polar surface area (TPSA) is 81.4 Å². The lowest BCUT2D eigenvalue weighted by Crippen LogP contribution is -2.38. The first-order chi connectivity index (χ1) is 24.6. The van der Waals surface area contributed by atoms with E-state index in [0.717, 1.165) is 61.4 Å². The Labute approximate surface area is 290 Å². The maximum atomic E-state index is 13.7. The molecule has 1 aliphatic heterocycles. The summed E-state index contributed by atoms with van der Waals surface area (Å²) < 4.78 is 7.56. The molecule has 7 nitrogen and oxygen atoms in total. The molecule has 0 fully saturated rings. The second-order valence-electron chi connectivity index (χ2n) is 12.5. The van der Waals surface area contributed by atoms with Crippen LogP contribution in [-0.4, -0.2) is 33.5 Å². The lowest BCUT2D eigenvalue weighted by atomic mass is 9.77. The van der Waals surface area contributed by atoms with E-state index in [-0.39, 0.29) is 11.9 Å². The van der Waals surface area contributed by atoms with Crippen molar-refractivity contribution in [3.63, 3.8) is 0 Å². The van der Waals surface area contributed by atoms with Gasteiger partial charge in [0.2, 0.25) is 0 Å². The summed E-state index contributed by atoms with van der Waals surface area (Å²) in [7, 11) is 1.64. The SMILES string of the molecule is COc1cccc([C@@H](C)NC(=O)C2=Nc3cc4c(-c5ccncc5)nn(C(c5ccccc5)(c5ccccc5)c5ccccc5)c4cc3C2)c1. The van der Waals surface area contributed by atoms with Gasteiger partial charge in [-0.15, -0.1) is 0 Å². The molecule has 1 N–H and O–H groups in total. The average molecular weight is 654 g/mol. The third-order valence-corrected chi connectivity index (χ3v) is 9.54. The summed E-state index contributed by atoms with van der Waals surface area (Å²) in [6.07, 6.45) is 3.99. The maximum Gasteiger partial charge on any atom is 0.266 e. The minimum Gasteiger partial charge on any atom is -0.497 e. The zero-order valence-electron chi connectivity index (χ0n) is 27.8. The second kappa shape index (κ2) is 12.9. The van der Waals surface area contributed by atoms with Gasteiger partial charge in [-0.1, -0.05) is 103 Å². The molecule has 0 unspecified atom stereocenters. The molecule has 0 radical (unpaired) electrons. The van der Waals surface area contributed by atoms with Gasteiger partial charge >= 0.3 is 0 Å². The van der Waals surface area contributed by atoms with Crippen LogP contribution in [0, 0.1) is 0 Å². The molecule has 244 valence electrons. The fraction of sp³-hybridized carbons (Fsp3) is 0.116. The minimum absolute atomic E-state index is 0.191. The van der Waals surface area contributed by atoms with E-state index in [1.54, 1.807) is 19.5 Å². The average Bonchev–Trinajstić information content (AvgIpc) is 3.77. The van der Waals surface area contributed by atoms with Crippen LogP contribution in [0.1, 0.15) is 40.8 Å². The smallest absolute Gasteiger partial charge is 0.266 e. The largest absolute Gasteiger partial charge is 0.497 e. The van der Waals surface area contributed by atoms with Gasteiger partial charge in [0, 0.05) is 29.8 Å². The molecule has 8 rings (SSSR count). The molecule has 0 saturated heterocycles. The summed E-state index contributed by atoms with van der Waals surface area (Å²) in [5.41, 5.74) is 8.29. The van der Waals surface area contributed by atoms with E-state index in [1.807, 2.05) is 61.5 Å². The lowest BCUT2D eigenvalue weighted by molar-refractivity contribution is -0.115. The fourth-order valence-corrected chi connectivity index (χ4v) is 7.09. The molecule has 5 aromatic carbocycles. The zero-order chi connectivity index (χ0) is 34.1. The van der Waals surface area contributed by atoms with Gasteiger partial charge in [0.15, 0.2) is 0 Å². The molecule has 0 aliphatic carbocycles. The number of nitrogens with one attached hydrogen (secondary N) is 1. The molecule has 1 aliphatic rings. The monoisotopic (exact) mass is 653 g/mol. The molecule has 0 bridgehead atoms. The number of carbonyl (C=O) groups excluding carboxylic acids is 1. The van der Waals surface area contributed by atoms with Crippen molar-refractivity contribution in [2.24, 2.45) is 4.99 Å². The first-order valence-electron chi connectivity index (χ1n) is 16.7. The number of aromatic nitrogens is 3. The van der Waals surface area contributed by atoms with Crippen molar-refractivity contribution < 1.29 is 9.53 Å². The number of rotatable bonds is 9. The number of pyridine rings is 1. The van der Waals surface area contributed by atoms with Crippen LogP contribution in [0.2, 0.25) is 0 Å². The van der Waals surface area contributed by atoms with Gasteiger partial charge < -0.3 is 10.1 Å². The van der Waals surface area contributed by atoms with Crippen LogP contribution in [0.4, 0.5) is 5.69 Å². The quantitative estimate of drug-likeness (QED) is 0.159. The Kier molecular flexibility index (Phi) is 8.01. The Balaban J connectivity index is 1.30. The predicted octanol–water partition coefficient (Wildman–Crippen LogP) is 8.45. The van der Waals surface area contributed by atoms with Crippen molar-refractivity contribution in [3.05, 3.63) is 180 Å². The van der Waals surface area contributed by atoms with E-state index in [9.17, 15) is 4.79 Å². The van der Waals surface area contributed by atoms with Crippen molar-refractivity contribution in [1.29, 1.82) is 0 Å². The molecule has 2 aromatic heterocycles. The number of hydrogen-bond donors (Lipinski definition) is 1. The van der Waals surface area contributed by atoms with E-state index >= 15 is 0 Å². The summed E-state index contributed by atoms with van der Waals surface area (Å²) in [6, 6.07) is 47.3. The molecular weight excluding hydrogens is 619 g/mol. The van der Waals surface area contributed by atoms with Gasteiger partial charge in [0.25, 0.3) is 5.91 Å². The molecule has 7 heteroatoms. The van der Waals surface area contributed by atoms with Crippen molar-refractivity contribution >= 4 is 28.2 Å². The Hall–Kier alpha value is -6.34. The number of hydrogen-bond acceptors (Lipinski definition) is 5. The Morgan fingerprint density at radius 2 is 1.40 bits per heavy atom. The minimum atomic E-state index is -0.826. The van der Waals surface area contributed by atoms with Crippen LogP contribution in [0.5, 0.6) is 5.75 Å². The van der Waals surface area contributed by atoms with Crippen molar-refractivity contribution in [2.45, 2.75) is 24.9 Å². The molecule has 0 saturated carbocycles. The van der Waals surface area contributed by atoms with Crippen LogP contribution in [-0.2, 0) is 16.8 Å². The highest BCUT2D eigenvalue weighted by atomic mass is 16.5. The number of ether oxygens (including phenoxy) is 1. The Morgan fingerprint density at radius 1 is 0.780 bits per heavy atom. The maximum absolute atomic E-state index is 13.7. The van der Waals surface area contributed by atoms with Gasteiger partial charge in [0.05, 0.1) is 24.4 Å². The van der Waals surface area contributed by atoms with Crippen molar-refractivity contribution in [2.75, 3.05) is 7.11 Å². The van der Waals surface area contributed by atoms with Crippen molar-refractivity contribution in [1.82, 2.24) is 20.1 Å². The number of benzene rings is 5. The molecule has 1 atom stereocenters. The predicted molar refractivity (Wildman–Crippen MR) is 198 cm³/mol. The third kappa shape index (κ3) is 5.33. The van der Waals surface area contributed by atoms with Gasteiger partial charge in [0.1, 0.15) is 22.7 Å². The first-order valence-corrected chi connectivity index (χ1v) is 16.7. The number of aliphatic imine (C=N–C) groups is 1. The summed E-state index contributed by atoms with van der Waals surface area (Å²) in [6.45, 7) is 1.97. The van der Waals surface area contributed by atoms with Crippen LogP contribution in [0.3, 0.4) is 0 Å². The zero-order valence-corrected chi connectivity index (χ0v) is 27.8. The van der Waals surface area contributed by atoms with Crippen molar-refractivity contribution in [3.8, 4) is 17.0 Å². The van der Waals surface area contributed by atoms with Crippen LogP contribution in [0.15, 0.2) is 157 Å². The molecule has 1 amide bonds. The normalized spacial score (nSPS) is 13.0. The summed E-state index contributed by atoms with van der Waals surface area (Å²) in [5.74, 6) is 0.557. The number of methoxy groups -OCH3 is 1. The summed E-state index contributed by atoms with van der Waals surface area (Å²) in [5, 5.41) is 9.58. The third-order valence-electron chi connectivity index (χ3n) is 9.54. The number of amides is 1. The van der Waals surface area contributed by atoms with Crippen LogP contribution >= 0.6 is 0 Å².